The van der Waals surface area contributed by atoms with Crippen LogP contribution in [-0.4, -0.2) is 43.1 Å². The quantitative estimate of drug-likeness (QED) is 0.706. The van der Waals surface area contributed by atoms with Gasteiger partial charge in [0.1, 0.15) is 12.4 Å². The number of hydrogen-bond donors (Lipinski definition) is 2. The van der Waals surface area contributed by atoms with E-state index in [1.165, 1.54) is 0 Å². The zero-order valence-corrected chi connectivity index (χ0v) is 12.1. The van der Waals surface area contributed by atoms with Gasteiger partial charge in [-0.15, -0.1) is 0 Å². The summed E-state index contributed by atoms with van der Waals surface area (Å²) in [7, 11) is 0. The molecule has 1 unspecified atom stereocenters. The van der Waals surface area contributed by atoms with Crippen molar-refractivity contribution in [1.29, 1.82) is 0 Å². The minimum absolute atomic E-state index is 0.211. The van der Waals surface area contributed by atoms with Crippen molar-refractivity contribution < 1.29 is 14.6 Å². The third-order valence-electron chi connectivity index (χ3n) is 2.38. The van der Waals surface area contributed by atoms with Crippen LogP contribution in [0.25, 0.3) is 0 Å². The molecule has 0 aromatic heterocycles. The van der Waals surface area contributed by atoms with Gasteiger partial charge < -0.3 is 19.9 Å². The van der Waals surface area contributed by atoms with Gasteiger partial charge in [-0.3, -0.25) is 0 Å². The lowest BCUT2D eigenvalue weighted by Gasteiger charge is -2.22. The van der Waals surface area contributed by atoms with Crippen LogP contribution in [0.4, 0.5) is 0 Å². The second kappa shape index (κ2) is 8.15. The molecule has 4 heteroatoms. The fourth-order valence-electron chi connectivity index (χ4n) is 1.43. The van der Waals surface area contributed by atoms with Crippen LogP contribution >= 0.6 is 0 Å². The molecule has 0 radical (unpaired) electrons. The summed E-state index contributed by atoms with van der Waals surface area (Å²) in [5.74, 6) is 0.862. The topological polar surface area (TPSA) is 50.7 Å². The van der Waals surface area contributed by atoms with Crippen molar-refractivity contribution in [1.82, 2.24) is 5.32 Å². The monoisotopic (exact) mass is 267 g/mol. The molecule has 0 saturated heterocycles. The maximum Gasteiger partial charge on any atom is 0.119 e. The first-order valence-electron chi connectivity index (χ1n) is 6.68. The Kier molecular flexibility index (Phi) is 6.84. The smallest absolute Gasteiger partial charge is 0.119 e. The Bertz CT molecular complexity index is 335. The molecule has 108 valence electrons. The average Bonchev–Trinajstić information content (AvgIpc) is 2.36. The van der Waals surface area contributed by atoms with Crippen molar-refractivity contribution in [3.8, 4) is 5.75 Å². The molecule has 1 aromatic rings. The van der Waals surface area contributed by atoms with Gasteiger partial charge >= 0.3 is 0 Å². The summed E-state index contributed by atoms with van der Waals surface area (Å²) in [5.41, 5.74) is -0.211. The van der Waals surface area contributed by atoms with E-state index in [0.717, 1.165) is 5.75 Å². The summed E-state index contributed by atoms with van der Waals surface area (Å²) in [6.07, 6.45) is -0.490. The normalized spacial score (nSPS) is 13.3. The fraction of sp³-hybridized carbons (Fsp3) is 0.600. The molecule has 0 aliphatic rings. The minimum atomic E-state index is -0.490. The lowest BCUT2D eigenvalue weighted by Crippen LogP contribution is -2.35. The first-order valence-corrected chi connectivity index (χ1v) is 6.68. The van der Waals surface area contributed by atoms with Gasteiger partial charge in [0.05, 0.1) is 18.3 Å². The highest BCUT2D eigenvalue weighted by atomic mass is 16.5. The molecule has 0 fully saturated rings. The number of para-hydroxylation sites is 1. The second-order valence-corrected chi connectivity index (χ2v) is 5.44. The first-order chi connectivity index (χ1) is 8.97. The molecule has 0 aliphatic carbocycles. The standard InChI is InChI=1S/C15H25NO3/c1-15(2,3)19-12-13(17)11-16-9-10-18-14-7-5-4-6-8-14/h4-8,13,16-17H,9-12H2,1-3H3. The molecule has 2 N–H and O–H groups in total. The Balaban J connectivity index is 2.01. The van der Waals surface area contributed by atoms with Crippen LogP contribution in [0.3, 0.4) is 0 Å². The summed E-state index contributed by atoms with van der Waals surface area (Å²) >= 11 is 0. The molecule has 0 amide bonds. The van der Waals surface area contributed by atoms with Gasteiger partial charge in [0.2, 0.25) is 0 Å². The number of aliphatic hydroxyl groups excluding tert-OH is 1. The molecular formula is C15H25NO3. The van der Waals surface area contributed by atoms with E-state index in [0.29, 0.717) is 26.3 Å². The van der Waals surface area contributed by atoms with Crippen molar-refractivity contribution in [3.63, 3.8) is 0 Å². The van der Waals surface area contributed by atoms with Gasteiger partial charge in [-0.1, -0.05) is 18.2 Å². The van der Waals surface area contributed by atoms with Crippen LogP contribution in [0.2, 0.25) is 0 Å². The highest BCUT2D eigenvalue weighted by Crippen LogP contribution is 2.08. The average molecular weight is 267 g/mol. The van der Waals surface area contributed by atoms with Gasteiger partial charge in [0.15, 0.2) is 0 Å². The first kappa shape index (κ1) is 16.0. The Morgan fingerprint density at radius 3 is 2.53 bits per heavy atom. The Labute approximate surface area is 115 Å². The molecule has 1 atom stereocenters. The van der Waals surface area contributed by atoms with Gasteiger partial charge in [0, 0.05) is 13.1 Å². The van der Waals surface area contributed by atoms with Gasteiger partial charge in [0.25, 0.3) is 0 Å². The van der Waals surface area contributed by atoms with E-state index in [4.69, 9.17) is 9.47 Å². The third kappa shape index (κ3) is 8.59. The summed E-state index contributed by atoms with van der Waals surface area (Å²) in [4.78, 5) is 0. The molecule has 0 bridgehead atoms. The zero-order valence-electron chi connectivity index (χ0n) is 12.1. The number of rotatable bonds is 8. The van der Waals surface area contributed by atoms with E-state index in [1.807, 2.05) is 51.1 Å². The highest BCUT2D eigenvalue weighted by molar-refractivity contribution is 5.20. The molecule has 0 saturated carbocycles. The number of nitrogens with one attached hydrogen (secondary N) is 1. The predicted octanol–water partition coefficient (Wildman–Crippen LogP) is 1.83. The molecule has 1 rings (SSSR count). The molecule has 1 aromatic carbocycles. The number of hydrogen-bond acceptors (Lipinski definition) is 4. The SMILES string of the molecule is CC(C)(C)OCC(O)CNCCOc1ccccc1. The summed E-state index contributed by atoms with van der Waals surface area (Å²) in [6, 6.07) is 9.68. The van der Waals surface area contributed by atoms with Crippen molar-refractivity contribution in [2.75, 3.05) is 26.3 Å². The van der Waals surface area contributed by atoms with E-state index in [2.05, 4.69) is 5.32 Å². The van der Waals surface area contributed by atoms with Crippen molar-refractivity contribution in [2.45, 2.75) is 32.5 Å². The van der Waals surface area contributed by atoms with E-state index in [-0.39, 0.29) is 5.60 Å². The van der Waals surface area contributed by atoms with Crippen LogP contribution in [0.5, 0.6) is 5.75 Å². The van der Waals surface area contributed by atoms with Crippen LogP contribution in [0.1, 0.15) is 20.8 Å². The molecule has 19 heavy (non-hydrogen) atoms. The van der Waals surface area contributed by atoms with Crippen molar-refractivity contribution in [3.05, 3.63) is 30.3 Å². The summed E-state index contributed by atoms with van der Waals surface area (Å²) in [6.45, 7) is 8.05. The van der Waals surface area contributed by atoms with Gasteiger partial charge in [-0.25, -0.2) is 0 Å². The lowest BCUT2D eigenvalue weighted by atomic mass is 10.2. The highest BCUT2D eigenvalue weighted by Gasteiger charge is 2.13. The lowest BCUT2D eigenvalue weighted by molar-refractivity contribution is -0.0479. The Hall–Kier alpha value is -1.10. The number of benzene rings is 1. The molecular weight excluding hydrogens is 242 g/mol. The van der Waals surface area contributed by atoms with Crippen LogP contribution in [-0.2, 0) is 4.74 Å². The van der Waals surface area contributed by atoms with Crippen molar-refractivity contribution in [2.24, 2.45) is 0 Å². The third-order valence-corrected chi connectivity index (χ3v) is 2.38. The van der Waals surface area contributed by atoms with E-state index in [1.54, 1.807) is 0 Å². The minimum Gasteiger partial charge on any atom is -0.492 e. The Morgan fingerprint density at radius 2 is 1.89 bits per heavy atom. The number of aliphatic hydroxyl groups is 1. The van der Waals surface area contributed by atoms with E-state index >= 15 is 0 Å². The maximum absolute atomic E-state index is 9.70. The zero-order chi connectivity index (χ0) is 14.1. The fourth-order valence-corrected chi connectivity index (χ4v) is 1.43. The van der Waals surface area contributed by atoms with Crippen LogP contribution < -0.4 is 10.1 Å². The number of ether oxygens (including phenoxy) is 2. The second-order valence-electron chi connectivity index (χ2n) is 5.44. The molecule has 0 heterocycles. The molecule has 0 aliphatic heterocycles. The van der Waals surface area contributed by atoms with Crippen LogP contribution in [0, 0.1) is 0 Å². The van der Waals surface area contributed by atoms with Gasteiger partial charge in [-0.05, 0) is 32.9 Å². The summed E-state index contributed by atoms with van der Waals surface area (Å²) < 4.78 is 11.0. The largest absolute Gasteiger partial charge is 0.492 e. The van der Waals surface area contributed by atoms with E-state index in [9.17, 15) is 5.11 Å². The summed E-state index contributed by atoms with van der Waals surface area (Å²) in [5, 5.41) is 12.8. The Morgan fingerprint density at radius 1 is 1.21 bits per heavy atom. The maximum atomic E-state index is 9.70. The van der Waals surface area contributed by atoms with Crippen molar-refractivity contribution >= 4 is 0 Å². The predicted molar refractivity (Wildman–Crippen MR) is 76.5 cm³/mol. The van der Waals surface area contributed by atoms with Gasteiger partial charge in [-0.2, -0.15) is 0 Å². The van der Waals surface area contributed by atoms with Crippen LogP contribution in [0.15, 0.2) is 30.3 Å². The van der Waals surface area contributed by atoms with E-state index < -0.39 is 6.10 Å². The molecule has 0 spiro atoms. The molecule has 4 nitrogen and oxygen atoms in total.